The summed E-state index contributed by atoms with van der Waals surface area (Å²) in [5.74, 6) is -0.909. The van der Waals surface area contributed by atoms with Crippen molar-refractivity contribution in [1.82, 2.24) is 9.97 Å². The molecule has 1 aromatic heterocycles. The van der Waals surface area contributed by atoms with Crippen LogP contribution in [0.15, 0.2) is 24.3 Å². The molecule has 0 saturated carbocycles. The highest BCUT2D eigenvalue weighted by atomic mass is 32.2. The van der Waals surface area contributed by atoms with Gasteiger partial charge in [0.05, 0.1) is 36.0 Å². The molecule has 10 nitrogen and oxygen atoms in total. The number of rotatable bonds is 11. The summed E-state index contributed by atoms with van der Waals surface area (Å²) >= 11 is 0. The van der Waals surface area contributed by atoms with E-state index in [1.807, 2.05) is 0 Å². The lowest BCUT2D eigenvalue weighted by Crippen LogP contribution is -2.28. The van der Waals surface area contributed by atoms with Crippen molar-refractivity contribution in [3.8, 4) is 11.3 Å². The Labute approximate surface area is 198 Å². The minimum atomic E-state index is -3.70. The molecule has 2 rings (SSSR count). The molecule has 5 N–H and O–H groups in total. The number of anilines is 1. The Morgan fingerprint density at radius 3 is 2.00 bits per heavy atom. The Balaban J connectivity index is 2.58. The fraction of sp³-hybridized carbons (Fsp3) is 0.545. The number of nitrogens with zero attached hydrogens (tertiary/aromatic N) is 3. The van der Waals surface area contributed by atoms with E-state index in [1.54, 1.807) is 13.8 Å². The predicted molar refractivity (Wildman–Crippen MR) is 124 cm³/mol. The summed E-state index contributed by atoms with van der Waals surface area (Å²) in [6.07, 6.45) is -5.29. The van der Waals surface area contributed by atoms with Gasteiger partial charge in [0.15, 0.2) is 6.29 Å². The van der Waals surface area contributed by atoms with E-state index in [9.17, 15) is 28.1 Å². The Kier molecular flexibility index (Phi) is 9.45. The molecule has 1 heterocycles. The minimum Gasteiger partial charge on any atom is -0.393 e. The molecular weight excluding hydrogens is 469 g/mol. The van der Waals surface area contributed by atoms with Crippen molar-refractivity contribution in [1.29, 1.82) is 0 Å². The molecule has 0 aliphatic rings. The van der Waals surface area contributed by atoms with Crippen LogP contribution >= 0.6 is 0 Å². The van der Waals surface area contributed by atoms with Gasteiger partial charge >= 0.3 is 0 Å². The van der Waals surface area contributed by atoms with E-state index in [-0.39, 0.29) is 42.4 Å². The number of halogens is 1. The molecule has 1 aromatic carbocycles. The maximum atomic E-state index is 13.6. The van der Waals surface area contributed by atoms with E-state index in [1.165, 1.54) is 31.3 Å². The smallest absolute Gasteiger partial charge is 0.239 e. The Hall–Kier alpha value is -2.22. The van der Waals surface area contributed by atoms with E-state index < -0.39 is 40.4 Å². The van der Waals surface area contributed by atoms with Crippen molar-refractivity contribution in [3.05, 3.63) is 41.3 Å². The number of aliphatic hydroxyl groups is 5. The number of benzene rings is 1. The normalized spacial score (nSPS) is 14.9. The van der Waals surface area contributed by atoms with Gasteiger partial charge in [-0.05, 0) is 36.6 Å². The van der Waals surface area contributed by atoms with Crippen molar-refractivity contribution in [2.24, 2.45) is 0 Å². The number of aromatic nitrogens is 2. The van der Waals surface area contributed by atoms with Crippen molar-refractivity contribution >= 4 is 16.0 Å². The monoisotopic (exact) mass is 501 g/mol. The molecule has 34 heavy (non-hydrogen) atoms. The number of hydrogen-bond acceptors (Lipinski definition) is 9. The second-order valence-corrected chi connectivity index (χ2v) is 10.6. The Bertz CT molecular complexity index is 1060. The molecule has 0 fully saturated rings. The lowest BCUT2D eigenvalue weighted by molar-refractivity contribution is -0.0769. The van der Waals surface area contributed by atoms with Crippen molar-refractivity contribution in [2.75, 3.05) is 17.6 Å². The topological polar surface area (TPSA) is 164 Å². The van der Waals surface area contributed by atoms with E-state index >= 15 is 0 Å². The van der Waals surface area contributed by atoms with Gasteiger partial charge in [-0.15, -0.1) is 0 Å². The maximum absolute atomic E-state index is 13.6. The maximum Gasteiger partial charge on any atom is 0.239 e. The zero-order chi connectivity index (χ0) is 25.8. The number of aliphatic hydroxyl groups excluding tert-OH is 4. The van der Waals surface area contributed by atoms with Crippen LogP contribution in [0.1, 0.15) is 56.4 Å². The van der Waals surface area contributed by atoms with Crippen molar-refractivity contribution in [3.63, 3.8) is 0 Å². The fourth-order valence-corrected chi connectivity index (χ4v) is 3.86. The molecule has 0 amide bonds. The van der Waals surface area contributed by atoms with Gasteiger partial charge in [0.1, 0.15) is 5.82 Å². The largest absolute Gasteiger partial charge is 0.393 e. The summed E-state index contributed by atoms with van der Waals surface area (Å²) in [5, 5.41) is 49.3. The Morgan fingerprint density at radius 2 is 1.50 bits per heavy atom. The molecule has 0 spiro atoms. The van der Waals surface area contributed by atoms with Gasteiger partial charge in [-0.25, -0.2) is 27.1 Å². The molecule has 190 valence electrons. The van der Waals surface area contributed by atoms with E-state index in [0.717, 1.165) is 10.6 Å². The molecule has 2 aromatic rings. The van der Waals surface area contributed by atoms with E-state index in [2.05, 4.69) is 9.97 Å². The lowest BCUT2D eigenvalue weighted by Gasteiger charge is -2.25. The highest BCUT2D eigenvalue weighted by Gasteiger charge is 2.28. The second kappa shape index (κ2) is 11.5. The van der Waals surface area contributed by atoms with Crippen LogP contribution in [-0.4, -0.2) is 75.7 Å². The first-order chi connectivity index (χ1) is 15.7. The first-order valence-corrected chi connectivity index (χ1v) is 12.6. The number of sulfonamides is 1. The zero-order valence-electron chi connectivity index (χ0n) is 19.5. The van der Waals surface area contributed by atoms with Gasteiger partial charge in [0.25, 0.3) is 0 Å². The summed E-state index contributed by atoms with van der Waals surface area (Å²) in [4.78, 5) is 8.74. The van der Waals surface area contributed by atoms with Crippen LogP contribution in [0.4, 0.5) is 10.3 Å². The summed E-state index contributed by atoms with van der Waals surface area (Å²) in [7, 11) is -2.41. The molecule has 0 saturated heterocycles. The second-order valence-electron chi connectivity index (χ2n) is 8.57. The van der Waals surface area contributed by atoms with Gasteiger partial charge in [0.2, 0.25) is 16.0 Å². The van der Waals surface area contributed by atoms with Crippen molar-refractivity contribution in [2.45, 2.75) is 63.6 Å². The molecule has 3 atom stereocenters. The van der Waals surface area contributed by atoms with E-state index in [0.29, 0.717) is 11.3 Å². The minimum absolute atomic E-state index is 0.130. The highest BCUT2D eigenvalue weighted by molar-refractivity contribution is 7.92. The molecular formula is C22H32FN3O7S. The van der Waals surface area contributed by atoms with Crippen LogP contribution in [0.5, 0.6) is 0 Å². The summed E-state index contributed by atoms with van der Waals surface area (Å²) < 4.78 is 38.7. The van der Waals surface area contributed by atoms with Gasteiger partial charge in [-0.1, -0.05) is 13.8 Å². The summed E-state index contributed by atoms with van der Waals surface area (Å²) in [5.41, 5.74) is 1.16. The SMILES string of the molecule is CC(C)c1nc(N(C)S(C)(=O)=O)nc(-c2ccc(F)cc2)c1C(O)C[C@@H](O)C[C@@H](O)CC(O)O. The standard InChI is InChI=1S/C22H32FN3O7S/c1-12(2)20-19(17(29)10-15(27)9-16(28)11-18(30)31)21(13-5-7-14(23)8-6-13)25-22(24-20)26(3)34(4,32)33/h5-8,12,15-18,27-31H,9-11H2,1-4H3/t15-,16+,17?/m0/s1. The lowest BCUT2D eigenvalue weighted by atomic mass is 9.91. The molecule has 0 aliphatic carbocycles. The molecule has 1 unspecified atom stereocenters. The third-order valence-electron chi connectivity index (χ3n) is 5.26. The molecule has 12 heteroatoms. The van der Waals surface area contributed by atoms with Crippen LogP contribution in [0.25, 0.3) is 11.3 Å². The van der Waals surface area contributed by atoms with Crippen molar-refractivity contribution < 1.29 is 38.3 Å². The van der Waals surface area contributed by atoms with Gasteiger partial charge < -0.3 is 25.5 Å². The summed E-state index contributed by atoms with van der Waals surface area (Å²) in [6, 6.07) is 5.28. The van der Waals surface area contributed by atoms with E-state index in [4.69, 9.17) is 10.2 Å². The molecule has 0 aliphatic heterocycles. The van der Waals surface area contributed by atoms with Crippen LogP contribution in [0, 0.1) is 5.82 Å². The van der Waals surface area contributed by atoms with Gasteiger partial charge in [-0.3, -0.25) is 0 Å². The highest BCUT2D eigenvalue weighted by Crippen LogP contribution is 2.36. The molecule has 0 bridgehead atoms. The first-order valence-electron chi connectivity index (χ1n) is 10.7. The van der Waals surface area contributed by atoms with Crippen LogP contribution in [0.2, 0.25) is 0 Å². The fourth-order valence-electron chi connectivity index (χ4n) is 3.49. The summed E-state index contributed by atoms with van der Waals surface area (Å²) in [6.45, 7) is 3.58. The average Bonchev–Trinajstić information content (AvgIpc) is 2.71. The number of hydrogen-bond donors (Lipinski definition) is 5. The first kappa shape index (κ1) is 28.0. The quantitative estimate of drug-likeness (QED) is 0.283. The predicted octanol–water partition coefficient (Wildman–Crippen LogP) is 1.04. The average molecular weight is 502 g/mol. The zero-order valence-corrected chi connectivity index (χ0v) is 20.3. The molecule has 0 radical (unpaired) electrons. The van der Waals surface area contributed by atoms with Crippen LogP contribution < -0.4 is 4.31 Å². The van der Waals surface area contributed by atoms with Gasteiger partial charge in [0, 0.05) is 31.0 Å². The third kappa shape index (κ3) is 7.39. The third-order valence-corrected chi connectivity index (χ3v) is 6.42. The van der Waals surface area contributed by atoms with Crippen LogP contribution in [0.3, 0.4) is 0 Å². The van der Waals surface area contributed by atoms with Gasteiger partial charge in [-0.2, -0.15) is 0 Å². The van der Waals surface area contributed by atoms with Crippen LogP contribution in [-0.2, 0) is 10.0 Å². The Morgan fingerprint density at radius 1 is 0.941 bits per heavy atom.